The van der Waals surface area contributed by atoms with E-state index < -0.39 is 0 Å². The van der Waals surface area contributed by atoms with E-state index in [-0.39, 0.29) is 24.3 Å². The third-order valence-corrected chi connectivity index (χ3v) is 6.68. The molecule has 7 heteroatoms. The van der Waals surface area contributed by atoms with Gasteiger partial charge in [-0.2, -0.15) is 0 Å². The standard InChI is InChI=1S/C28H34N2O4S/c1-20(2)16-30(28(32)23-13-24(33-4)15-25(14-23)34-5)19-27(31)29(17-22-9-7-6-8-10-22)18-26-21(3)11-12-35-26/h6-15,20H,16-19H2,1-5H3. The van der Waals surface area contributed by atoms with E-state index in [0.717, 1.165) is 10.4 Å². The summed E-state index contributed by atoms with van der Waals surface area (Å²) in [6.07, 6.45) is 0. The van der Waals surface area contributed by atoms with Crippen molar-refractivity contribution in [3.05, 3.63) is 81.5 Å². The zero-order valence-corrected chi connectivity index (χ0v) is 21.9. The molecule has 0 saturated heterocycles. The molecule has 0 N–H and O–H groups in total. The maximum absolute atomic E-state index is 13.6. The third kappa shape index (κ3) is 7.33. The molecule has 0 aliphatic heterocycles. The number of amides is 2. The zero-order valence-electron chi connectivity index (χ0n) is 21.1. The summed E-state index contributed by atoms with van der Waals surface area (Å²) < 4.78 is 10.7. The van der Waals surface area contributed by atoms with E-state index in [1.54, 1.807) is 48.7 Å². The minimum absolute atomic E-state index is 0.00616. The number of nitrogens with zero attached hydrogens (tertiary/aromatic N) is 2. The molecule has 3 aromatic rings. The lowest BCUT2D eigenvalue weighted by atomic mass is 10.1. The highest BCUT2D eigenvalue weighted by atomic mass is 32.1. The molecular weight excluding hydrogens is 460 g/mol. The van der Waals surface area contributed by atoms with E-state index in [9.17, 15) is 9.59 Å². The first-order chi connectivity index (χ1) is 16.8. The number of thiophene rings is 1. The van der Waals surface area contributed by atoms with Crippen LogP contribution in [0.2, 0.25) is 0 Å². The molecule has 0 aliphatic carbocycles. The Labute approximate surface area is 212 Å². The van der Waals surface area contributed by atoms with Crippen LogP contribution in [0, 0.1) is 12.8 Å². The largest absolute Gasteiger partial charge is 0.497 e. The number of hydrogen-bond donors (Lipinski definition) is 0. The first-order valence-corrected chi connectivity index (χ1v) is 12.6. The van der Waals surface area contributed by atoms with Crippen molar-refractivity contribution >= 4 is 23.2 Å². The van der Waals surface area contributed by atoms with Crippen LogP contribution in [0.25, 0.3) is 0 Å². The van der Waals surface area contributed by atoms with Crippen molar-refractivity contribution in [2.75, 3.05) is 27.3 Å². The first-order valence-electron chi connectivity index (χ1n) is 11.7. The summed E-state index contributed by atoms with van der Waals surface area (Å²) >= 11 is 1.64. The predicted octanol–water partition coefficient (Wildman–Crippen LogP) is 5.40. The third-order valence-electron chi connectivity index (χ3n) is 5.67. The molecule has 1 heterocycles. The van der Waals surface area contributed by atoms with E-state index in [2.05, 4.69) is 13.0 Å². The fraction of sp³-hybridized carbons (Fsp3) is 0.357. The number of ether oxygens (including phenoxy) is 2. The van der Waals surface area contributed by atoms with Crippen LogP contribution in [0.15, 0.2) is 60.0 Å². The van der Waals surface area contributed by atoms with E-state index in [1.807, 2.05) is 54.5 Å². The Kier molecular flexibility index (Phi) is 9.32. The second kappa shape index (κ2) is 12.4. The average molecular weight is 495 g/mol. The molecule has 186 valence electrons. The summed E-state index contributed by atoms with van der Waals surface area (Å²) in [6, 6.07) is 17.1. The molecule has 2 aromatic carbocycles. The number of aryl methyl sites for hydroxylation is 1. The fourth-order valence-corrected chi connectivity index (χ4v) is 4.73. The maximum Gasteiger partial charge on any atom is 0.254 e. The molecule has 0 aliphatic rings. The van der Waals surface area contributed by atoms with E-state index in [0.29, 0.717) is 36.7 Å². The Morgan fingerprint density at radius 2 is 1.57 bits per heavy atom. The predicted molar refractivity (Wildman–Crippen MR) is 140 cm³/mol. The Hall–Kier alpha value is -3.32. The monoisotopic (exact) mass is 494 g/mol. The summed E-state index contributed by atoms with van der Waals surface area (Å²) in [5.74, 6) is 0.938. The molecule has 0 saturated carbocycles. The normalized spacial score (nSPS) is 10.8. The van der Waals surface area contributed by atoms with Gasteiger partial charge in [0.2, 0.25) is 5.91 Å². The molecular formula is C28H34N2O4S. The summed E-state index contributed by atoms with van der Waals surface area (Å²) in [5.41, 5.74) is 2.65. The van der Waals surface area contributed by atoms with Gasteiger partial charge in [-0.05, 0) is 47.5 Å². The van der Waals surface area contributed by atoms with Gasteiger partial charge in [-0.3, -0.25) is 9.59 Å². The van der Waals surface area contributed by atoms with Gasteiger partial charge in [0.15, 0.2) is 0 Å². The van der Waals surface area contributed by atoms with E-state index in [1.165, 1.54) is 5.56 Å². The quantitative estimate of drug-likeness (QED) is 0.358. The van der Waals surface area contributed by atoms with Crippen LogP contribution in [-0.2, 0) is 17.9 Å². The Bertz CT molecular complexity index is 1100. The van der Waals surface area contributed by atoms with Gasteiger partial charge in [-0.1, -0.05) is 44.2 Å². The molecule has 0 radical (unpaired) electrons. The summed E-state index contributed by atoms with van der Waals surface area (Å²) in [4.78, 5) is 31.8. The highest BCUT2D eigenvalue weighted by Gasteiger charge is 2.25. The lowest BCUT2D eigenvalue weighted by molar-refractivity contribution is -0.133. The van der Waals surface area contributed by atoms with Gasteiger partial charge in [0.1, 0.15) is 18.0 Å². The molecule has 0 bridgehead atoms. The van der Waals surface area contributed by atoms with Gasteiger partial charge in [-0.25, -0.2) is 0 Å². The van der Waals surface area contributed by atoms with Crippen LogP contribution in [0.5, 0.6) is 11.5 Å². The van der Waals surface area contributed by atoms with Crippen molar-refractivity contribution in [3.8, 4) is 11.5 Å². The topological polar surface area (TPSA) is 59.1 Å². The second-order valence-electron chi connectivity index (χ2n) is 8.94. The number of carbonyl (C=O) groups is 2. The zero-order chi connectivity index (χ0) is 25.4. The Morgan fingerprint density at radius 3 is 2.11 bits per heavy atom. The van der Waals surface area contributed by atoms with Gasteiger partial charge < -0.3 is 19.3 Å². The molecule has 6 nitrogen and oxygen atoms in total. The van der Waals surface area contributed by atoms with Crippen LogP contribution >= 0.6 is 11.3 Å². The molecule has 0 unspecified atom stereocenters. The fourth-order valence-electron chi connectivity index (χ4n) is 3.81. The van der Waals surface area contributed by atoms with Gasteiger partial charge in [0.05, 0.1) is 20.8 Å². The number of hydrogen-bond acceptors (Lipinski definition) is 5. The SMILES string of the molecule is COc1cc(OC)cc(C(=O)N(CC(=O)N(Cc2ccccc2)Cc2sccc2C)CC(C)C)c1. The minimum atomic E-state index is -0.226. The average Bonchev–Trinajstić information content (AvgIpc) is 3.26. The van der Waals surface area contributed by atoms with Gasteiger partial charge in [-0.15, -0.1) is 11.3 Å². The van der Waals surface area contributed by atoms with Gasteiger partial charge >= 0.3 is 0 Å². The van der Waals surface area contributed by atoms with Crippen molar-refractivity contribution in [2.45, 2.75) is 33.9 Å². The first kappa shape index (κ1) is 26.3. The van der Waals surface area contributed by atoms with Crippen LogP contribution in [-0.4, -0.2) is 48.9 Å². The summed E-state index contributed by atoms with van der Waals surface area (Å²) in [5, 5.41) is 2.04. The van der Waals surface area contributed by atoms with E-state index in [4.69, 9.17) is 9.47 Å². The van der Waals surface area contributed by atoms with Gasteiger partial charge in [0, 0.05) is 29.6 Å². The van der Waals surface area contributed by atoms with Crippen molar-refractivity contribution in [2.24, 2.45) is 5.92 Å². The van der Waals surface area contributed by atoms with Crippen molar-refractivity contribution in [1.29, 1.82) is 0 Å². The van der Waals surface area contributed by atoms with Crippen LogP contribution in [0.1, 0.15) is 40.2 Å². The minimum Gasteiger partial charge on any atom is -0.497 e. The summed E-state index contributed by atoms with van der Waals surface area (Å²) in [7, 11) is 3.10. The van der Waals surface area contributed by atoms with Crippen LogP contribution in [0.3, 0.4) is 0 Å². The molecule has 0 fully saturated rings. The second-order valence-corrected chi connectivity index (χ2v) is 9.94. The maximum atomic E-state index is 13.6. The lowest BCUT2D eigenvalue weighted by Crippen LogP contribution is -2.43. The molecule has 1 aromatic heterocycles. The Balaban J connectivity index is 1.87. The number of benzene rings is 2. The van der Waals surface area contributed by atoms with Crippen LogP contribution < -0.4 is 9.47 Å². The molecule has 0 spiro atoms. The molecule has 2 amide bonds. The van der Waals surface area contributed by atoms with Crippen molar-refractivity contribution in [1.82, 2.24) is 9.80 Å². The lowest BCUT2D eigenvalue weighted by Gasteiger charge is -2.29. The van der Waals surface area contributed by atoms with Crippen molar-refractivity contribution < 1.29 is 19.1 Å². The number of rotatable bonds is 11. The van der Waals surface area contributed by atoms with Crippen molar-refractivity contribution in [3.63, 3.8) is 0 Å². The highest BCUT2D eigenvalue weighted by molar-refractivity contribution is 7.10. The molecule has 3 rings (SSSR count). The molecule has 0 atom stereocenters. The summed E-state index contributed by atoms with van der Waals surface area (Å²) in [6.45, 7) is 7.57. The van der Waals surface area contributed by atoms with Gasteiger partial charge in [0.25, 0.3) is 5.91 Å². The highest BCUT2D eigenvalue weighted by Crippen LogP contribution is 2.24. The smallest absolute Gasteiger partial charge is 0.254 e. The number of methoxy groups -OCH3 is 2. The van der Waals surface area contributed by atoms with E-state index >= 15 is 0 Å². The molecule has 35 heavy (non-hydrogen) atoms. The van der Waals surface area contributed by atoms with Crippen LogP contribution in [0.4, 0.5) is 0 Å². The Morgan fingerprint density at radius 1 is 0.914 bits per heavy atom. The number of carbonyl (C=O) groups excluding carboxylic acids is 2.